The molecule has 0 bridgehead atoms. The molecule has 1 aromatic rings. The molecule has 1 amide bonds. The van der Waals surface area contributed by atoms with E-state index in [0.29, 0.717) is 10.6 Å². The molecule has 1 aliphatic carbocycles. The van der Waals surface area contributed by atoms with Gasteiger partial charge in [-0.2, -0.15) is 0 Å². The van der Waals surface area contributed by atoms with Crippen molar-refractivity contribution in [2.24, 2.45) is 0 Å². The minimum absolute atomic E-state index is 0.243. The molecule has 0 radical (unpaired) electrons. The highest BCUT2D eigenvalue weighted by Gasteiger charge is 2.24. The summed E-state index contributed by atoms with van der Waals surface area (Å²) in [5.74, 6) is -0.801. The first-order chi connectivity index (χ1) is 7.66. The van der Waals surface area contributed by atoms with Gasteiger partial charge < -0.3 is 15.8 Å². The third kappa shape index (κ3) is 2.73. The maximum atomic E-state index is 11.5. The van der Waals surface area contributed by atoms with Crippen LogP contribution in [-0.4, -0.2) is 24.5 Å². The molecule has 0 unspecified atom stereocenters. The molecule has 5 nitrogen and oxygen atoms in total. The molecule has 6 heteroatoms. The lowest BCUT2D eigenvalue weighted by molar-refractivity contribution is -0.124. The minimum Gasteiger partial charge on any atom is -0.451 e. The topological polar surface area (TPSA) is 81.4 Å². The van der Waals surface area contributed by atoms with Gasteiger partial charge in [0, 0.05) is 6.04 Å². The van der Waals surface area contributed by atoms with Crippen LogP contribution in [0.5, 0.6) is 0 Å². The summed E-state index contributed by atoms with van der Waals surface area (Å²) in [6.07, 6.45) is 2.02. The molecule has 0 saturated heterocycles. The summed E-state index contributed by atoms with van der Waals surface area (Å²) in [5.41, 5.74) is 5.93. The van der Waals surface area contributed by atoms with E-state index in [1.165, 1.54) is 11.3 Å². The predicted octanol–water partition coefficient (Wildman–Crippen LogP) is 0.766. The van der Waals surface area contributed by atoms with Gasteiger partial charge in [-0.3, -0.25) is 4.79 Å². The molecule has 1 aromatic heterocycles. The Morgan fingerprint density at radius 1 is 1.56 bits per heavy atom. The van der Waals surface area contributed by atoms with Crippen molar-refractivity contribution >= 4 is 28.9 Å². The van der Waals surface area contributed by atoms with Gasteiger partial charge in [-0.15, -0.1) is 11.3 Å². The summed E-state index contributed by atoms with van der Waals surface area (Å²) < 4.78 is 4.84. The third-order valence-corrected chi connectivity index (χ3v) is 3.07. The van der Waals surface area contributed by atoms with Crippen LogP contribution in [0.2, 0.25) is 0 Å². The van der Waals surface area contributed by atoms with Gasteiger partial charge in [0.25, 0.3) is 5.91 Å². The van der Waals surface area contributed by atoms with Crippen molar-refractivity contribution in [2.75, 3.05) is 12.3 Å². The van der Waals surface area contributed by atoms with Crippen molar-refractivity contribution in [1.82, 2.24) is 5.32 Å². The molecular weight excluding hydrogens is 228 g/mol. The second-order valence-electron chi connectivity index (χ2n) is 3.62. The molecule has 2 rings (SSSR count). The van der Waals surface area contributed by atoms with Gasteiger partial charge in [0.05, 0.1) is 5.69 Å². The van der Waals surface area contributed by atoms with Crippen LogP contribution in [0.15, 0.2) is 11.4 Å². The molecule has 0 spiro atoms. The van der Waals surface area contributed by atoms with Crippen LogP contribution in [-0.2, 0) is 9.53 Å². The fourth-order valence-electron chi connectivity index (χ4n) is 1.18. The largest absolute Gasteiger partial charge is 0.451 e. The lowest BCUT2D eigenvalue weighted by atomic mass is 10.4. The van der Waals surface area contributed by atoms with Crippen LogP contribution in [0.3, 0.4) is 0 Å². The zero-order valence-corrected chi connectivity index (χ0v) is 9.38. The number of hydrogen-bond donors (Lipinski definition) is 2. The normalized spacial score (nSPS) is 14.5. The maximum absolute atomic E-state index is 11.5. The monoisotopic (exact) mass is 240 g/mol. The molecule has 0 aromatic carbocycles. The van der Waals surface area contributed by atoms with Gasteiger partial charge in [-0.25, -0.2) is 4.79 Å². The van der Waals surface area contributed by atoms with Crippen LogP contribution >= 0.6 is 11.3 Å². The van der Waals surface area contributed by atoms with E-state index >= 15 is 0 Å². The van der Waals surface area contributed by atoms with Gasteiger partial charge in [-0.1, -0.05) is 0 Å². The van der Waals surface area contributed by atoms with Crippen molar-refractivity contribution in [1.29, 1.82) is 0 Å². The third-order valence-electron chi connectivity index (χ3n) is 2.16. The summed E-state index contributed by atoms with van der Waals surface area (Å²) in [4.78, 5) is 23.0. The van der Waals surface area contributed by atoms with Crippen LogP contribution in [0, 0.1) is 0 Å². The zero-order chi connectivity index (χ0) is 11.5. The van der Waals surface area contributed by atoms with E-state index in [9.17, 15) is 9.59 Å². The summed E-state index contributed by atoms with van der Waals surface area (Å²) >= 11 is 1.20. The first-order valence-corrected chi connectivity index (χ1v) is 5.84. The van der Waals surface area contributed by atoms with Gasteiger partial charge in [0.1, 0.15) is 4.88 Å². The Balaban J connectivity index is 1.79. The molecule has 1 saturated carbocycles. The zero-order valence-electron chi connectivity index (χ0n) is 8.56. The minimum atomic E-state index is -0.543. The fraction of sp³-hybridized carbons (Fsp3) is 0.400. The summed E-state index contributed by atoms with van der Waals surface area (Å²) in [5, 5.41) is 4.43. The fourth-order valence-corrected chi connectivity index (χ4v) is 1.89. The van der Waals surface area contributed by atoms with Crippen molar-refractivity contribution in [3.8, 4) is 0 Å². The Bertz CT molecular complexity index is 412. The number of amides is 1. The van der Waals surface area contributed by atoms with Gasteiger partial charge in [0.2, 0.25) is 0 Å². The molecule has 0 aliphatic heterocycles. The van der Waals surface area contributed by atoms with E-state index in [2.05, 4.69) is 5.32 Å². The lowest BCUT2D eigenvalue weighted by Crippen LogP contribution is -2.30. The number of carbonyl (C=O) groups is 2. The number of carbonyl (C=O) groups excluding carboxylic acids is 2. The van der Waals surface area contributed by atoms with Gasteiger partial charge in [0.15, 0.2) is 6.61 Å². The SMILES string of the molecule is Nc1ccsc1C(=O)OCC(=O)NC1CC1. The van der Waals surface area contributed by atoms with E-state index in [1.54, 1.807) is 11.4 Å². The molecule has 3 N–H and O–H groups in total. The second kappa shape index (κ2) is 4.52. The summed E-state index contributed by atoms with van der Waals surface area (Å²) in [6.45, 7) is -0.243. The van der Waals surface area contributed by atoms with Gasteiger partial charge >= 0.3 is 5.97 Å². The van der Waals surface area contributed by atoms with E-state index < -0.39 is 5.97 Å². The molecule has 1 fully saturated rings. The van der Waals surface area contributed by atoms with Crippen molar-refractivity contribution in [3.63, 3.8) is 0 Å². The number of hydrogen-bond acceptors (Lipinski definition) is 5. The standard InChI is InChI=1S/C10H12N2O3S/c11-7-3-4-16-9(7)10(14)15-5-8(13)12-6-1-2-6/h3-4,6H,1-2,5,11H2,(H,12,13). The number of esters is 1. The Morgan fingerprint density at radius 3 is 2.88 bits per heavy atom. The number of anilines is 1. The Morgan fingerprint density at radius 2 is 2.31 bits per heavy atom. The van der Waals surface area contributed by atoms with Crippen LogP contribution in [0.25, 0.3) is 0 Å². The second-order valence-corrected chi connectivity index (χ2v) is 4.54. The Hall–Kier alpha value is -1.56. The molecule has 86 valence electrons. The van der Waals surface area contributed by atoms with E-state index in [4.69, 9.17) is 10.5 Å². The Kier molecular flexibility index (Phi) is 3.09. The molecule has 16 heavy (non-hydrogen) atoms. The molecule has 1 heterocycles. The quantitative estimate of drug-likeness (QED) is 0.761. The predicted molar refractivity (Wildman–Crippen MR) is 60.2 cm³/mol. The lowest BCUT2D eigenvalue weighted by Gasteiger charge is -2.04. The summed E-state index contributed by atoms with van der Waals surface area (Å²) in [7, 11) is 0. The molecule has 0 atom stereocenters. The van der Waals surface area contributed by atoms with E-state index in [-0.39, 0.29) is 18.6 Å². The average molecular weight is 240 g/mol. The van der Waals surface area contributed by atoms with Crippen molar-refractivity contribution in [2.45, 2.75) is 18.9 Å². The number of nitrogens with two attached hydrogens (primary N) is 1. The number of thiophene rings is 1. The van der Waals surface area contributed by atoms with E-state index in [1.807, 2.05) is 0 Å². The number of nitrogen functional groups attached to an aromatic ring is 1. The smallest absolute Gasteiger partial charge is 0.350 e. The number of nitrogens with one attached hydrogen (secondary N) is 1. The first kappa shape index (κ1) is 10.9. The van der Waals surface area contributed by atoms with Crippen LogP contribution < -0.4 is 11.1 Å². The van der Waals surface area contributed by atoms with Crippen molar-refractivity contribution < 1.29 is 14.3 Å². The van der Waals surface area contributed by atoms with Crippen molar-refractivity contribution in [3.05, 3.63) is 16.3 Å². The first-order valence-electron chi connectivity index (χ1n) is 4.96. The van der Waals surface area contributed by atoms with E-state index in [0.717, 1.165) is 12.8 Å². The highest BCUT2D eigenvalue weighted by molar-refractivity contribution is 7.12. The van der Waals surface area contributed by atoms with Crippen LogP contribution in [0.4, 0.5) is 5.69 Å². The number of rotatable bonds is 4. The Labute approximate surface area is 96.6 Å². The molecular formula is C10H12N2O3S. The number of ether oxygens (including phenoxy) is 1. The van der Waals surface area contributed by atoms with Crippen LogP contribution in [0.1, 0.15) is 22.5 Å². The van der Waals surface area contributed by atoms with Gasteiger partial charge in [-0.05, 0) is 24.3 Å². The highest BCUT2D eigenvalue weighted by Crippen LogP contribution is 2.20. The molecule has 1 aliphatic rings. The summed E-state index contributed by atoms with van der Waals surface area (Å²) in [6, 6.07) is 1.91. The average Bonchev–Trinajstić information content (AvgIpc) is 2.95. The highest BCUT2D eigenvalue weighted by atomic mass is 32.1. The maximum Gasteiger partial charge on any atom is 0.350 e.